The van der Waals surface area contributed by atoms with Crippen molar-refractivity contribution in [2.45, 2.75) is 19.4 Å². The van der Waals surface area contributed by atoms with E-state index in [2.05, 4.69) is 18.8 Å². The van der Waals surface area contributed by atoms with E-state index in [1.54, 1.807) is 31.4 Å². The van der Waals surface area contributed by atoms with Crippen molar-refractivity contribution >= 4 is 32.9 Å². The molecule has 7 heteroatoms. The van der Waals surface area contributed by atoms with Gasteiger partial charge >= 0.3 is 12.1 Å². The van der Waals surface area contributed by atoms with Gasteiger partial charge in [-0.2, -0.15) is 0 Å². The molecule has 34 heavy (non-hydrogen) atoms. The highest BCUT2D eigenvalue weighted by Gasteiger charge is 2.17. The van der Waals surface area contributed by atoms with E-state index in [1.807, 2.05) is 43.3 Å². The lowest BCUT2D eigenvalue weighted by Gasteiger charge is -2.24. The highest BCUT2D eigenvalue weighted by molar-refractivity contribution is 8.32. The number of esters is 1. The van der Waals surface area contributed by atoms with Gasteiger partial charge in [0, 0.05) is 5.75 Å². The minimum atomic E-state index is -0.727. The van der Waals surface area contributed by atoms with Crippen molar-refractivity contribution in [3.8, 4) is 11.5 Å². The van der Waals surface area contributed by atoms with E-state index < -0.39 is 22.1 Å². The van der Waals surface area contributed by atoms with Crippen LogP contribution in [-0.4, -0.2) is 50.4 Å². The van der Waals surface area contributed by atoms with Gasteiger partial charge in [-0.15, -0.1) is 0 Å². The SMILES string of the molecule is COc1ccc2cc([C@H](C)C(=O)OCc3ccc(OC(=O)OCCS(C)(C)C)cc3)ccc2c1. The molecule has 3 aromatic rings. The van der Waals surface area contributed by atoms with E-state index in [4.69, 9.17) is 18.9 Å². The monoisotopic (exact) mass is 484 g/mol. The molecule has 0 N–H and O–H groups in total. The second kappa shape index (κ2) is 11.3. The van der Waals surface area contributed by atoms with E-state index in [9.17, 15) is 9.59 Å². The minimum absolute atomic E-state index is 0.132. The maximum atomic E-state index is 12.6. The number of rotatable bonds is 9. The zero-order valence-electron chi connectivity index (χ0n) is 20.3. The number of ether oxygens (including phenoxy) is 4. The molecule has 0 spiro atoms. The summed E-state index contributed by atoms with van der Waals surface area (Å²) in [6, 6.07) is 18.5. The Balaban J connectivity index is 1.50. The molecule has 0 bridgehead atoms. The maximum Gasteiger partial charge on any atom is 0.513 e. The number of carbonyl (C=O) groups is 2. The van der Waals surface area contributed by atoms with Gasteiger partial charge in [0.1, 0.15) is 24.7 Å². The summed E-state index contributed by atoms with van der Waals surface area (Å²) < 4.78 is 21.1. The maximum absolute atomic E-state index is 12.6. The second-order valence-electron chi connectivity index (χ2n) is 8.94. The third kappa shape index (κ3) is 7.42. The first kappa shape index (κ1) is 25.4. The summed E-state index contributed by atoms with van der Waals surface area (Å²) >= 11 is 0. The van der Waals surface area contributed by atoms with Gasteiger partial charge in [0.05, 0.1) is 13.0 Å². The number of carbonyl (C=O) groups excluding carboxylic acids is 2. The normalized spacial score (nSPS) is 12.6. The van der Waals surface area contributed by atoms with Crippen molar-refractivity contribution in [3.05, 3.63) is 71.8 Å². The Labute approximate surface area is 202 Å². The molecule has 0 aliphatic heterocycles. The van der Waals surface area contributed by atoms with Crippen LogP contribution in [0.1, 0.15) is 24.0 Å². The van der Waals surface area contributed by atoms with E-state index in [0.29, 0.717) is 12.4 Å². The molecule has 0 aliphatic carbocycles. The Morgan fingerprint density at radius 3 is 2.18 bits per heavy atom. The molecule has 0 saturated carbocycles. The van der Waals surface area contributed by atoms with Crippen LogP contribution in [0.5, 0.6) is 11.5 Å². The van der Waals surface area contributed by atoms with Gasteiger partial charge in [-0.05, 0) is 71.9 Å². The first-order valence-corrected chi connectivity index (χ1v) is 14.0. The second-order valence-corrected chi connectivity index (χ2v) is 13.5. The third-order valence-electron chi connectivity index (χ3n) is 5.35. The van der Waals surface area contributed by atoms with Crippen molar-refractivity contribution in [1.82, 2.24) is 0 Å². The average Bonchev–Trinajstić information content (AvgIpc) is 2.81. The Kier molecular flexibility index (Phi) is 8.45. The Bertz CT molecular complexity index is 1130. The van der Waals surface area contributed by atoms with Crippen molar-refractivity contribution in [3.63, 3.8) is 0 Å². The molecule has 0 fully saturated rings. The number of benzene rings is 3. The molecule has 1 atom stereocenters. The van der Waals surface area contributed by atoms with Gasteiger partial charge in [0.15, 0.2) is 0 Å². The molecule has 0 saturated heterocycles. The van der Waals surface area contributed by atoms with Gasteiger partial charge in [-0.1, -0.05) is 36.4 Å². The number of fused-ring (bicyclic) bond motifs is 1. The lowest BCUT2D eigenvalue weighted by Crippen LogP contribution is -2.15. The van der Waals surface area contributed by atoms with Crippen LogP contribution < -0.4 is 9.47 Å². The first-order chi connectivity index (χ1) is 16.1. The van der Waals surface area contributed by atoms with Crippen molar-refractivity contribution in [2.24, 2.45) is 0 Å². The molecular weight excluding hydrogens is 452 g/mol. The summed E-state index contributed by atoms with van der Waals surface area (Å²) in [5.41, 5.74) is 1.68. The predicted molar refractivity (Wildman–Crippen MR) is 137 cm³/mol. The van der Waals surface area contributed by atoms with Crippen LogP contribution in [0.15, 0.2) is 60.7 Å². The van der Waals surface area contributed by atoms with Crippen LogP contribution in [0.3, 0.4) is 0 Å². The van der Waals surface area contributed by atoms with E-state index in [-0.39, 0.29) is 12.6 Å². The predicted octanol–water partition coefficient (Wildman–Crippen LogP) is 5.90. The van der Waals surface area contributed by atoms with Gasteiger partial charge < -0.3 is 18.9 Å². The highest BCUT2D eigenvalue weighted by atomic mass is 32.3. The lowest BCUT2D eigenvalue weighted by molar-refractivity contribution is -0.146. The smallest absolute Gasteiger partial charge is 0.497 e. The summed E-state index contributed by atoms with van der Waals surface area (Å²) in [6.07, 6.45) is 5.76. The largest absolute Gasteiger partial charge is 0.513 e. The van der Waals surface area contributed by atoms with E-state index in [1.165, 1.54) is 0 Å². The van der Waals surface area contributed by atoms with Crippen LogP contribution in [0.25, 0.3) is 10.8 Å². The Hall–Kier alpha value is -3.19. The molecule has 0 heterocycles. The summed E-state index contributed by atoms with van der Waals surface area (Å²) in [6.45, 7) is 2.30. The van der Waals surface area contributed by atoms with Crippen molar-refractivity contribution in [2.75, 3.05) is 38.2 Å². The fourth-order valence-electron chi connectivity index (χ4n) is 3.21. The minimum Gasteiger partial charge on any atom is -0.497 e. The molecule has 0 aliphatic rings. The summed E-state index contributed by atoms with van der Waals surface area (Å²) in [5, 5.41) is 2.08. The fraction of sp³-hybridized carbons (Fsp3) is 0.333. The molecule has 0 unspecified atom stereocenters. The standard InChI is InChI=1S/C27H32O6S/c1-19(21-8-9-23-17-25(30-2)13-10-22(23)16-21)26(28)32-18-20-6-11-24(12-7-20)33-27(29)31-14-15-34(3,4)5/h6-13,16-17,19H,14-15,18H2,1-5H3/t19-/m0/s1. The molecule has 6 nitrogen and oxygen atoms in total. The quantitative estimate of drug-likeness (QED) is 0.278. The number of hydrogen-bond donors (Lipinski definition) is 0. The molecule has 0 aromatic heterocycles. The van der Waals surface area contributed by atoms with Crippen molar-refractivity contribution < 1.29 is 28.5 Å². The number of hydrogen-bond acceptors (Lipinski definition) is 6. The van der Waals surface area contributed by atoms with E-state index >= 15 is 0 Å². The van der Waals surface area contributed by atoms with Crippen LogP contribution in [0.4, 0.5) is 4.79 Å². The molecule has 0 radical (unpaired) electrons. The summed E-state index contributed by atoms with van der Waals surface area (Å²) in [5.74, 6) is 1.29. The molecule has 3 aromatic carbocycles. The topological polar surface area (TPSA) is 71.1 Å². The highest BCUT2D eigenvalue weighted by Crippen LogP contribution is 2.33. The third-order valence-corrected chi connectivity index (χ3v) is 6.74. The van der Waals surface area contributed by atoms with Crippen LogP contribution in [0, 0.1) is 0 Å². The first-order valence-electron chi connectivity index (χ1n) is 11.0. The van der Waals surface area contributed by atoms with Gasteiger partial charge in [-0.25, -0.2) is 14.8 Å². The molecular formula is C27H32O6S. The molecule has 3 rings (SSSR count). The van der Waals surface area contributed by atoms with Gasteiger partial charge in [0.2, 0.25) is 0 Å². The molecule has 182 valence electrons. The van der Waals surface area contributed by atoms with Crippen LogP contribution in [0.2, 0.25) is 0 Å². The van der Waals surface area contributed by atoms with Gasteiger partial charge in [0.25, 0.3) is 0 Å². The van der Waals surface area contributed by atoms with E-state index in [0.717, 1.165) is 33.4 Å². The van der Waals surface area contributed by atoms with Crippen LogP contribution in [-0.2, 0) is 20.9 Å². The lowest BCUT2D eigenvalue weighted by atomic mass is 9.98. The fourth-order valence-corrected chi connectivity index (χ4v) is 3.79. The molecule has 0 amide bonds. The van der Waals surface area contributed by atoms with Gasteiger partial charge in [-0.3, -0.25) is 4.79 Å². The Morgan fingerprint density at radius 2 is 1.50 bits per heavy atom. The summed E-state index contributed by atoms with van der Waals surface area (Å²) in [4.78, 5) is 24.4. The average molecular weight is 485 g/mol. The van der Waals surface area contributed by atoms with Crippen LogP contribution >= 0.6 is 10.0 Å². The summed E-state index contributed by atoms with van der Waals surface area (Å²) in [7, 11) is 0.910. The zero-order valence-corrected chi connectivity index (χ0v) is 21.1. The number of methoxy groups -OCH3 is 1. The Morgan fingerprint density at radius 1 is 0.853 bits per heavy atom. The van der Waals surface area contributed by atoms with Crippen molar-refractivity contribution in [1.29, 1.82) is 0 Å². The zero-order chi connectivity index (χ0) is 24.7.